The first-order valence-corrected chi connectivity index (χ1v) is 18.8. The molecule has 2 aromatic carbocycles. The van der Waals surface area contributed by atoms with Gasteiger partial charge in [-0.2, -0.15) is 0 Å². The van der Waals surface area contributed by atoms with Crippen LogP contribution in [0.15, 0.2) is 72.3 Å². The zero-order valence-corrected chi connectivity index (χ0v) is 30.3. The molecule has 6 heteroatoms. The topological polar surface area (TPSA) is 54.0 Å². The van der Waals surface area contributed by atoms with Crippen LogP contribution in [0.25, 0.3) is 0 Å². The van der Waals surface area contributed by atoms with Crippen LogP contribution >= 0.6 is 0 Å². The second kappa shape index (κ2) is 12.4. The number of hydrogen-bond acceptors (Lipinski definition) is 5. The molecule has 5 nitrogen and oxygen atoms in total. The lowest BCUT2D eigenvalue weighted by Crippen LogP contribution is -2.67. The highest BCUT2D eigenvalue weighted by atomic mass is 28.4. The minimum absolute atomic E-state index is 0.0328. The van der Waals surface area contributed by atoms with Crippen molar-refractivity contribution in [3.8, 4) is 0 Å². The van der Waals surface area contributed by atoms with Crippen molar-refractivity contribution in [2.75, 3.05) is 20.5 Å². The summed E-state index contributed by atoms with van der Waals surface area (Å²) in [4.78, 5) is 13.4. The molecule has 0 aliphatic heterocycles. The molecular formula is C39H56O5Si. The molecule has 45 heavy (non-hydrogen) atoms. The fraction of sp³-hybridized carbons (Fsp3) is 0.615. The summed E-state index contributed by atoms with van der Waals surface area (Å²) in [6.45, 7) is 20.8. The summed E-state index contributed by atoms with van der Waals surface area (Å²) >= 11 is 0. The molecule has 2 aromatic rings. The number of methoxy groups -OCH3 is 1. The van der Waals surface area contributed by atoms with E-state index >= 15 is 0 Å². The van der Waals surface area contributed by atoms with Crippen molar-refractivity contribution in [3.05, 3.63) is 72.3 Å². The second-order valence-corrected chi connectivity index (χ2v) is 20.8. The van der Waals surface area contributed by atoms with Crippen molar-refractivity contribution >= 4 is 24.7 Å². The van der Waals surface area contributed by atoms with Gasteiger partial charge in [-0.15, -0.1) is 0 Å². The predicted molar refractivity (Wildman–Crippen MR) is 184 cm³/mol. The van der Waals surface area contributed by atoms with Gasteiger partial charge in [0.1, 0.15) is 12.9 Å². The van der Waals surface area contributed by atoms with E-state index < -0.39 is 13.7 Å². The van der Waals surface area contributed by atoms with Crippen molar-refractivity contribution in [2.24, 2.45) is 34.0 Å². The average Bonchev–Trinajstić information content (AvgIpc) is 3.42. The molecule has 0 heterocycles. The third-order valence-corrected chi connectivity index (χ3v) is 16.3. The highest BCUT2D eigenvalue weighted by Gasteiger charge is 2.66. The lowest BCUT2D eigenvalue weighted by atomic mass is 9.52. The predicted octanol–water partition coefficient (Wildman–Crippen LogP) is 7.53. The van der Waals surface area contributed by atoms with Gasteiger partial charge >= 0.3 is 5.97 Å². The van der Waals surface area contributed by atoms with Gasteiger partial charge in [-0.3, -0.25) is 4.79 Å². The van der Waals surface area contributed by atoms with Gasteiger partial charge in [0.25, 0.3) is 8.32 Å². The molecule has 2 fully saturated rings. The summed E-state index contributed by atoms with van der Waals surface area (Å²) < 4.78 is 25.9. The zero-order chi connectivity index (χ0) is 32.8. The summed E-state index contributed by atoms with van der Waals surface area (Å²) in [5, 5.41) is 2.44. The van der Waals surface area contributed by atoms with Gasteiger partial charge in [0.15, 0.2) is 0 Å². The zero-order valence-electron chi connectivity index (χ0n) is 29.3. The second-order valence-electron chi connectivity index (χ2n) is 16.5. The van der Waals surface area contributed by atoms with Crippen molar-refractivity contribution < 1.29 is 23.4 Å². The van der Waals surface area contributed by atoms with Gasteiger partial charge in [0, 0.05) is 19.1 Å². The molecular weight excluding hydrogens is 577 g/mol. The molecule has 1 spiro atoms. The highest BCUT2D eigenvalue weighted by molar-refractivity contribution is 6.99. The molecule has 3 aliphatic rings. The van der Waals surface area contributed by atoms with E-state index in [0.717, 1.165) is 19.3 Å². The molecule has 5 rings (SSSR count). The lowest BCUT2D eigenvalue weighted by molar-refractivity contribution is -0.175. The smallest absolute Gasteiger partial charge is 0.311 e. The van der Waals surface area contributed by atoms with E-state index in [4.69, 9.17) is 18.6 Å². The number of rotatable bonds is 9. The number of hydrogen-bond donors (Lipinski definition) is 0. The Morgan fingerprint density at radius 1 is 0.933 bits per heavy atom. The first kappa shape index (κ1) is 34.1. The van der Waals surface area contributed by atoms with E-state index in [1.165, 1.54) is 15.9 Å². The first-order chi connectivity index (χ1) is 21.1. The Morgan fingerprint density at radius 3 is 2.02 bits per heavy atom. The molecule has 246 valence electrons. The fourth-order valence-corrected chi connectivity index (χ4v) is 13.7. The molecule has 0 unspecified atom stereocenters. The van der Waals surface area contributed by atoms with Crippen LogP contribution < -0.4 is 10.4 Å². The number of carbonyl (C=O) groups is 1. The van der Waals surface area contributed by atoms with Crippen LogP contribution in [0.3, 0.4) is 0 Å². The third-order valence-electron chi connectivity index (χ3n) is 11.3. The van der Waals surface area contributed by atoms with E-state index in [1.807, 2.05) is 20.8 Å². The van der Waals surface area contributed by atoms with Crippen molar-refractivity contribution in [1.29, 1.82) is 0 Å². The largest absolute Gasteiger partial charge is 0.462 e. The maximum atomic E-state index is 13.4. The first-order valence-electron chi connectivity index (χ1n) is 16.9. The number of benzene rings is 2. The SMILES string of the molecule is COCO[C@@H]1CC[C@@]23C1=CC(C)(C)[C@@H]2C[C@H](OC(=O)C(C)(C)C)[C@@H](C)[C@@H]3CO[Si](c1ccccc1)(c1ccccc1)C(C)(C)C. The standard InChI is InChI=1S/C39H56O5Si/c1-27-31(25-43-45(37(5,6)7,28-17-13-11-14-18-28)29-19-15-12-16-20-29)39-22-21-32(42-26-41-10)30(39)24-38(8,9)34(39)23-33(27)44-35(40)36(2,3)4/h11-20,24,27,31-34H,21-23,25-26H2,1-10H3/t27-,31-,32+,33-,34-,39-/m0/s1. The summed E-state index contributed by atoms with van der Waals surface area (Å²) in [6.07, 6.45) is 5.22. The number of carbonyl (C=O) groups excluding carboxylic acids is 1. The minimum Gasteiger partial charge on any atom is -0.462 e. The maximum absolute atomic E-state index is 13.4. The Labute approximate surface area is 273 Å². The van der Waals surface area contributed by atoms with E-state index in [1.54, 1.807) is 7.11 Å². The molecule has 6 atom stereocenters. The lowest BCUT2D eigenvalue weighted by Gasteiger charge is -2.55. The molecule has 0 N–H and O–H groups in total. The Morgan fingerprint density at radius 2 is 1.51 bits per heavy atom. The number of allylic oxidation sites excluding steroid dienone is 1. The van der Waals surface area contributed by atoms with Gasteiger partial charge in [-0.1, -0.05) is 108 Å². The van der Waals surface area contributed by atoms with E-state index in [2.05, 4.69) is 108 Å². The molecule has 0 saturated heterocycles. The van der Waals surface area contributed by atoms with Gasteiger partial charge in [0.05, 0.1) is 11.5 Å². The quantitative estimate of drug-likeness (QED) is 0.124. The Balaban J connectivity index is 1.62. The van der Waals surface area contributed by atoms with Crippen molar-refractivity contribution in [2.45, 2.75) is 98.8 Å². The normalized spacial score (nSPS) is 29.6. The minimum atomic E-state index is -2.79. The van der Waals surface area contributed by atoms with E-state index in [9.17, 15) is 4.79 Å². The molecule has 0 radical (unpaired) electrons. The van der Waals surface area contributed by atoms with Gasteiger partial charge in [-0.25, -0.2) is 0 Å². The summed E-state index contributed by atoms with van der Waals surface area (Å²) in [5.74, 6) is 0.459. The van der Waals surface area contributed by atoms with E-state index in [0.29, 0.717) is 12.5 Å². The van der Waals surface area contributed by atoms with Crippen LogP contribution in [0, 0.1) is 34.0 Å². The van der Waals surface area contributed by atoms with Crippen LogP contribution in [0.4, 0.5) is 0 Å². The average molecular weight is 633 g/mol. The maximum Gasteiger partial charge on any atom is 0.311 e. The van der Waals surface area contributed by atoms with Gasteiger partial charge < -0.3 is 18.6 Å². The van der Waals surface area contributed by atoms with Crippen LogP contribution in [-0.2, 0) is 23.4 Å². The summed E-state index contributed by atoms with van der Waals surface area (Å²) in [5.41, 5.74) is 0.707. The van der Waals surface area contributed by atoms with Gasteiger partial charge in [-0.05, 0) is 84.2 Å². The van der Waals surface area contributed by atoms with Crippen LogP contribution in [0.1, 0.15) is 81.6 Å². The monoisotopic (exact) mass is 632 g/mol. The van der Waals surface area contributed by atoms with Crippen LogP contribution in [0.2, 0.25) is 5.04 Å². The summed E-state index contributed by atoms with van der Waals surface area (Å²) in [7, 11) is -1.10. The fourth-order valence-electron chi connectivity index (χ4n) is 9.15. The Hall–Kier alpha value is -2.25. The molecule has 3 aliphatic carbocycles. The summed E-state index contributed by atoms with van der Waals surface area (Å²) in [6, 6.07) is 21.8. The highest BCUT2D eigenvalue weighted by Crippen LogP contribution is 2.69. The van der Waals surface area contributed by atoms with Crippen molar-refractivity contribution in [1.82, 2.24) is 0 Å². The van der Waals surface area contributed by atoms with Crippen LogP contribution in [-0.4, -0.2) is 47.0 Å². The molecule has 0 amide bonds. The molecule has 2 saturated carbocycles. The molecule has 0 bridgehead atoms. The number of ether oxygens (including phenoxy) is 3. The Bertz CT molecular complexity index is 1320. The molecule has 0 aromatic heterocycles. The Kier molecular flexibility index (Phi) is 9.40. The van der Waals surface area contributed by atoms with E-state index in [-0.39, 0.29) is 52.7 Å². The van der Waals surface area contributed by atoms with Crippen LogP contribution in [0.5, 0.6) is 0 Å². The van der Waals surface area contributed by atoms with Gasteiger partial charge in [0.2, 0.25) is 0 Å². The van der Waals surface area contributed by atoms with Crippen molar-refractivity contribution in [3.63, 3.8) is 0 Å². The number of esters is 1. The third kappa shape index (κ3) is 5.90.